The molecule has 1 aliphatic rings. The molecule has 3 heterocycles. The highest BCUT2D eigenvalue weighted by molar-refractivity contribution is 5.74. The van der Waals surface area contributed by atoms with Crippen LogP contribution in [-0.2, 0) is 0 Å². The quantitative estimate of drug-likeness (QED) is 0.716. The van der Waals surface area contributed by atoms with Crippen molar-refractivity contribution in [2.75, 3.05) is 6.54 Å². The van der Waals surface area contributed by atoms with Gasteiger partial charge in [0.2, 0.25) is 0 Å². The maximum Gasteiger partial charge on any atom is 0.0882 e. The van der Waals surface area contributed by atoms with Crippen LogP contribution in [0.25, 0.3) is 11.0 Å². The number of hydrogen-bond acceptors (Lipinski definition) is 2. The van der Waals surface area contributed by atoms with Gasteiger partial charge in [-0.25, -0.2) is 4.98 Å². The van der Waals surface area contributed by atoms with Crippen molar-refractivity contribution in [3.05, 3.63) is 30.1 Å². The molecule has 0 spiro atoms. The minimum Gasteiger partial charge on any atom is -0.360 e. The third-order valence-electron chi connectivity index (χ3n) is 2.84. The molecule has 1 fully saturated rings. The number of fused-ring (bicyclic) bond motifs is 1. The number of nitrogens with one attached hydrogen (secondary N) is 2. The van der Waals surface area contributed by atoms with E-state index in [2.05, 4.69) is 27.4 Å². The monoisotopic (exact) mass is 187 g/mol. The molecule has 2 N–H and O–H groups in total. The molecule has 0 amide bonds. The van der Waals surface area contributed by atoms with E-state index in [0.717, 1.165) is 17.6 Å². The largest absolute Gasteiger partial charge is 0.360 e. The average molecular weight is 187 g/mol. The van der Waals surface area contributed by atoms with Gasteiger partial charge in [0.15, 0.2) is 0 Å². The second-order valence-electron chi connectivity index (χ2n) is 3.80. The summed E-state index contributed by atoms with van der Waals surface area (Å²) in [5.41, 5.74) is 3.36. The molecule has 72 valence electrons. The highest BCUT2D eigenvalue weighted by atomic mass is 15.0. The van der Waals surface area contributed by atoms with Gasteiger partial charge in [-0.3, -0.25) is 0 Å². The summed E-state index contributed by atoms with van der Waals surface area (Å²) in [6.45, 7) is 1.12. The Morgan fingerprint density at radius 2 is 2.29 bits per heavy atom. The number of nitrogens with zero attached hydrogens (tertiary/aromatic N) is 1. The standard InChI is InChI=1S/C11H13N3/c1-2-8(12-6-1)10-4-3-9-11(14-10)5-7-13-9/h3-5,7-8,12-13H,1-2,6H2/t8-/m1/s1. The van der Waals surface area contributed by atoms with E-state index in [0.29, 0.717) is 6.04 Å². The first-order valence-corrected chi connectivity index (χ1v) is 5.11. The van der Waals surface area contributed by atoms with Gasteiger partial charge >= 0.3 is 0 Å². The zero-order chi connectivity index (χ0) is 9.38. The molecule has 2 aromatic heterocycles. The summed E-state index contributed by atoms with van der Waals surface area (Å²) in [6, 6.07) is 6.71. The fraction of sp³-hybridized carbons (Fsp3) is 0.364. The van der Waals surface area contributed by atoms with Crippen LogP contribution >= 0.6 is 0 Å². The van der Waals surface area contributed by atoms with Crippen LogP contribution in [0.15, 0.2) is 24.4 Å². The van der Waals surface area contributed by atoms with Gasteiger partial charge in [0.1, 0.15) is 0 Å². The Labute approximate surface area is 82.5 Å². The van der Waals surface area contributed by atoms with E-state index in [9.17, 15) is 0 Å². The molecule has 0 aromatic carbocycles. The van der Waals surface area contributed by atoms with Crippen molar-refractivity contribution in [1.29, 1.82) is 0 Å². The number of rotatable bonds is 1. The number of aromatic nitrogens is 2. The number of pyridine rings is 1. The Balaban J connectivity index is 2.04. The van der Waals surface area contributed by atoms with Crippen molar-refractivity contribution >= 4 is 11.0 Å². The zero-order valence-corrected chi connectivity index (χ0v) is 7.96. The maximum atomic E-state index is 4.62. The van der Waals surface area contributed by atoms with Crippen molar-refractivity contribution in [2.24, 2.45) is 0 Å². The minimum atomic E-state index is 0.467. The minimum absolute atomic E-state index is 0.467. The smallest absolute Gasteiger partial charge is 0.0882 e. The second-order valence-corrected chi connectivity index (χ2v) is 3.80. The summed E-state index contributed by atoms with van der Waals surface area (Å²) in [5.74, 6) is 0. The van der Waals surface area contributed by atoms with E-state index in [1.165, 1.54) is 18.5 Å². The molecule has 1 atom stereocenters. The number of H-pyrrole nitrogens is 1. The van der Waals surface area contributed by atoms with E-state index in [-0.39, 0.29) is 0 Å². The van der Waals surface area contributed by atoms with Crippen LogP contribution in [0.4, 0.5) is 0 Å². The number of aromatic amines is 1. The van der Waals surface area contributed by atoms with Gasteiger partial charge in [0.25, 0.3) is 0 Å². The first-order valence-electron chi connectivity index (χ1n) is 5.11. The van der Waals surface area contributed by atoms with Crippen LogP contribution in [0.1, 0.15) is 24.6 Å². The molecule has 0 radical (unpaired) electrons. The third kappa shape index (κ3) is 1.21. The summed E-state index contributed by atoms with van der Waals surface area (Å²) in [5, 5.41) is 3.46. The lowest BCUT2D eigenvalue weighted by Crippen LogP contribution is -2.13. The molecule has 3 nitrogen and oxygen atoms in total. The predicted molar refractivity (Wildman–Crippen MR) is 56.1 cm³/mol. The van der Waals surface area contributed by atoms with Crippen LogP contribution in [0, 0.1) is 0 Å². The van der Waals surface area contributed by atoms with Crippen LogP contribution in [0.5, 0.6) is 0 Å². The number of hydrogen-bond donors (Lipinski definition) is 2. The van der Waals surface area contributed by atoms with Gasteiger partial charge in [0, 0.05) is 12.2 Å². The first kappa shape index (κ1) is 8.00. The highest BCUT2D eigenvalue weighted by Gasteiger charge is 2.17. The van der Waals surface area contributed by atoms with E-state index in [1.54, 1.807) is 0 Å². The van der Waals surface area contributed by atoms with E-state index in [1.807, 2.05) is 12.3 Å². The fourth-order valence-electron chi connectivity index (χ4n) is 2.08. The maximum absolute atomic E-state index is 4.62. The SMILES string of the molecule is c1cc2nc([C@H]3CCCN3)ccc2[nH]1. The normalized spacial score (nSPS) is 21.9. The van der Waals surface area contributed by atoms with E-state index in [4.69, 9.17) is 0 Å². The van der Waals surface area contributed by atoms with Crippen molar-refractivity contribution in [1.82, 2.24) is 15.3 Å². The molecular weight excluding hydrogens is 174 g/mol. The zero-order valence-electron chi connectivity index (χ0n) is 7.96. The lowest BCUT2D eigenvalue weighted by atomic mass is 10.1. The molecular formula is C11H13N3. The molecule has 3 heteroatoms. The average Bonchev–Trinajstić information content (AvgIpc) is 2.88. The summed E-state index contributed by atoms with van der Waals surface area (Å²) < 4.78 is 0. The molecule has 0 unspecified atom stereocenters. The second kappa shape index (κ2) is 3.10. The van der Waals surface area contributed by atoms with Gasteiger partial charge in [-0.1, -0.05) is 0 Å². The first-order chi connectivity index (χ1) is 6.93. The lowest BCUT2D eigenvalue weighted by Gasteiger charge is -2.08. The third-order valence-corrected chi connectivity index (χ3v) is 2.84. The van der Waals surface area contributed by atoms with E-state index < -0.39 is 0 Å². The van der Waals surface area contributed by atoms with Crippen LogP contribution in [0.2, 0.25) is 0 Å². The van der Waals surface area contributed by atoms with Crippen molar-refractivity contribution in [3.8, 4) is 0 Å². The Morgan fingerprint density at radius 1 is 1.29 bits per heavy atom. The highest BCUT2D eigenvalue weighted by Crippen LogP contribution is 2.22. The van der Waals surface area contributed by atoms with Gasteiger partial charge < -0.3 is 10.3 Å². The summed E-state index contributed by atoms with van der Waals surface area (Å²) in [7, 11) is 0. The van der Waals surface area contributed by atoms with Gasteiger partial charge in [-0.15, -0.1) is 0 Å². The Bertz CT molecular complexity index is 440. The Morgan fingerprint density at radius 3 is 3.14 bits per heavy atom. The molecule has 1 saturated heterocycles. The van der Waals surface area contributed by atoms with Crippen molar-refractivity contribution in [2.45, 2.75) is 18.9 Å². The van der Waals surface area contributed by atoms with Crippen LogP contribution in [0.3, 0.4) is 0 Å². The molecule has 0 saturated carbocycles. The summed E-state index contributed by atoms with van der Waals surface area (Å²) in [6.07, 6.45) is 4.41. The lowest BCUT2D eigenvalue weighted by molar-refractivity contribution is 0.630. The molecule has 3 rings (SSSR count). The molecule has 0 aliphatic carbocycles. The van der Waals surface area contributed by atoms with Gasteiger partial charge in [-0.05, 0) is 37.6 Å². The van der Waals surface area contributed by atoms with Crippen LogP contribution in [-0.4, -0.2) is 16.5 Å². The van der Waals surface area contributed by atoms with Crippen LogP contribution < -0.4 is 5.32 Å². The van der Waals surface area contributed by atoms with Crippen molar-refractivity contribution in [3.63, 3.8) is 0 Å². The topological polar surface area (TPSA) is 40.7 Å². The summed E-state index contributed by atoms with van der Waals surface area (Å²) >= 11 is 0. The van der Waals surface area contributed by atoms with Crippen molar-refractivity contribution < 1.29 is 0 Å². The van der Waals surface area contributed by atoms with E-state index >= 15 is 0 Å². The Kier molecular flexibility index (Phi) is 1.77. The molecule has 2 aromatic rings. The molecule has 1 aliphatic heterocycles. The van der Waals surface area contributed by atoms with Gasteiger partial charge in [0.05, 0.1) is 16.7 Å². The summed E-state index contributed by atoms with van der Waals surface area (Å²) in [4.78, 5) is 7.78. The fourth-order valence-corrected chi connectivity index (χ4v) is 2.08. The Hall–Kier alpha value is -1.35. The van der Waals surface area contributed by atoms with Gasteiger partial charge in [-0.2, -0.15) is 0 Å². The molecule has 14 heavy (non-hydrogen) atoms. The predicted octanol–water partition coefficient (Wildman–Crippen LogP) is 1.99. The molecule has 0 bridgehead atoms.